The molecule has 132 valence electrons. The minimum atomic E-state index is -0.513. The molecule has 0 aromatic heterocycles. The van der Waals surface area contributed by atoms with Gasteiger partial charge < -0.3 is 14.2 Å². The molecule has 1 unspecified atom stereocenters. The number of benzene rings is 2. The van der Waals surface area contributed by atoms with Gasteiger partial charge in [0.1, 0.15) is 23.2 Å². The fourth-order valence-corrected chi connectivity index (χ4v) is 3.33. The Labute approximate surface area is 148 Å². The lowest BCUT2D eigenvalue weighted by atomic mass is 9.82. The number of esters is 1. The van der Waals surface area contributed by atoms with E-state index in [4.69, 9.17) is 14.2 Å². The average molecular weight is 340 g/mol. The molecule has 3 rings (SSSR count). The van der Waals surface area contributed by atoms with Gasteiger partial charge in [-0.25, -0.2) is 0 Å². The zero-order chi connectivity index (χ0) is 18.4. The normalized spacial score (nSPS) is 16.4. The monoisotopic (exact) mass is 340 g/mol. The number of hydrogen-bond acceptors (Lipinski definition) is 4. The second-order valence-corrected chi connectivity index (χ2v) is 7.44. The number of ether oxygens (including phenoxy) is 3. The van der Waals surface area contributed by atoms with Crippen LogP contribution >= 0.6 is 0 Å². The Balaban J connectivity index is 2.23. The van der Waals surface area contributed by atoms with E-state index in [2.05, 4.69) is 26.8 Å². The van der Waals surface area contributed by atoms with Gasteiger partial charge in [-0.1, -0.05) is 38.5 Å². The SMILES string of the molecule is COc1ccc(OC)c(C2C(=O)Oc3c2cc(C)cc3C(C)(C)C)c1. The lowest BCUT2D eigenvalue weighted by Crippen LogP contribution is -2.14. The summed E-state index contributed by atoms with van der Waals surface area (Å²) in [6.07, 6.45) is 0. The number of fused-ring (bicyclic) bond motifs is 1. The third-order valence-corrected chi connectivity index (χ3v) is 4.57. The van der Waals surface area contributed by atoms with Crippen molar-refractivity contribution < 1.29 is 19.0 Å². The summed E-state index contributed by atoms with van der Waals surface area (Å²) in [5.41, 5.74) is 3.68. The van der Waals surface area contributed by atoms with Crippen molar-refractivity contribution in [2.75, 3.05) is 14.2 Å². The highest BCUT2D eigenvalue weighted by Gasteiger charge is 2.39. The second kappa shape index (κ2) is 6.10. The summed E-state index contributed by atoms with van der Waals surface area (Å²) < 4.78 is 16.5. The smallest absolute Gasteiger partial charge is 0.323 e. The molecule has 1 aliphatic heterocycles. The molecule has 0 bridgehead atoms. The first-order chi connectivity index (χ1) is 11.8. The largest absolute Gasteiger partial charge is 0.497 e. The molecule has 0 radical (unpaired) electrons. The molecular weight excluding hydrogens is 316 g/mol. The maximum absolute atomic E-state index is 12.8. The van der Waals surface area contributed by atoms with Crippen LogP contribution in [0.1, 0.15) is 48.9 Å². The van der Waals surface area contributed by atoms with E-state index in [-0.39, 0.29) is 11.4 Å². The molecule has 2 aromatic carbocycles. The number of methoxy groups -OCH3 is 2. The Kier molecular flexibility index (Phi) is 4.23. The van der Waals surface area contributed by atoms with Crippen molar-refractivity contribution in [3.05, 3.63) is 52.6 Å². The van der Waals surface area contributed by atoms with Crippen molar-refractivity contribution in [1.82, 2.24) is 0 Å². The maximum Gasteiger partial charge on any atom is 0.323 e. The second-order valence-electron chi connectivity index (χ2n) is 7.44. The van der Waals surface area contributed by atoms with Gasteiger partial charge in [0.25, 0.3) is 0 Å². The van der Waals surface area contributed by atoms with E-state index in [0.29, 0.717) is 17.2 Å². The molecule has 0 amide bonds. The Morgan fingerprint density at radius 1 is 1.00 bits per heavy atom. The predicted octanol–water partition coefficient (Wildman–Crippen LogP) is 4.36. The van der Waals surface area contributed by atoms with Crippen molar-refractivity contribution in [2.24, 2.45) is 0 Å². The van der Waals surface area contributed by atoms with Crippen LogP contribution in [-0.2, 0) is 10.2 Å². The van der Waals surface area contributed by atoms with Crippen molar-refractivity contribution in [2.45, 2.75) is 39.0 Å². The summed E-state index contributed by atoms with van der Waals surface area (Å²) in [6, 6.07) is 9.61. The Morgan fingerprint density at radius 2 is 1.72 bits per heavy atom. The number of hydrogen-bond donors (Lipinski definition) is 0. The summed E-state index contributed by atoms with van der Waals surface area (Å²) in [5.74, 6) is 1.21. The summed E-state index contributed by atoms with van der Waals surface area (Å²) in [5, 5.41) is 0. The van der Waals surface area contributed by atoms with Crippen molar-refractivity contribution in [1.29, 1.82) is 0 Å². The van der Waals surface area contributed by atoms with Gasteiger partial charge in [0.2, 0.25) is 0 Å². The van der Waals surface area contributed by atoms with Crippen LogP contribution in [0.5, 0.6) is 17.2 Å². The van der Waals surface area contributed by atoms with Gasteiger partial charge in [0.05, 0.1) is 14.2 Å². The molecule has 4 nitrogen and oxygen atoms in total. The lowest BCUT2D eigenvalue weighted by molar-refractivity contribution is -0.133. The van der Waals surface area contributed by atoms with E-state index in [9.17, 15) is 4.79 Å². The van der Waals surface area contributed by atoms with E-state index in [1.54, 1.807) is 14.2 Å². The van der Waals surface area contributed by atoms with E-state index >= 15 is 0 Å². The Hall–Kier alpha value is -2.49. The van der Waals surface area contributed by atoms with Gasteiger partial charge in [0, 0.05) is 16.7 Å². The zero-order valence-electron chi connectivity index (χ0n) is 15.6. The number of carbonyl (C=O) groups is 1. The minimum Gasteiger partial charge on any atom is -0.497 e. The Bertz CT molecular complexity index is 831. The minimum absolute atomic E-state index is 0.121. The van der Waals surface area contributed by atoms with Crippen LogP contribution in [0.25, 0.3) is 0 Å². The number of rotatable bonds is 3. The molecule has 0 saturated carbocycles. The van der Waals surface area contributed by atoms with Crippen LogP contribution in [-0.4, -0.2) is 20.2 Å². The molecule has 0 spiro atoms. The molecule has 1 heterocycles. The van der Waals surface area contributed by atoms with Crippen LogP contribution in [0.3, 0.4) is 0 Å². The maximum atomic E-state index is 12.8. The van der Waals surface area contributed by atoms with Crippen LogP contribution < -0.4 is 14.2 Å². The summed E-state index contributed by atoms with van der Waals surface area (Å²) in [7, 11) is 3.21. The third kappa shape index (κ3) is 2.97. The highest BCUT2D eigenvalue weighted by Crippen LogP contribution is 2.47. The van der Waals surface area contributed by atoms with Crippen LogP contribution in [0, 0.1) is 6.92 Å². The van der Waals surface area contributed by atoms with E-state index in [1.165, 1.54) is 0 Å². The topological polar surface area (TPSA) is 44.8 Å². The molecule has 0 saturated heterocycles. The molecule has 1 atom stereocenters. The quantitative estimate of drug-likeness (QED) is 0.615. The van der Waals surface area contributed by atoms with Crippen LogP contribution in [0.4, 0.5) is 0 Å². The highest BCUT2D eigenvalue weighted by atomic mass is 16.5. The molecule has 0 aliphatic carbocycles. The van der Waals surface area contributed by atoms with Gasteiger partial charge in [-0.15, -0.1) is 0 Å². The fourth-order valence-electron chi connectivity index (χ4n) is 3.33. The van der Waals surface area contributed by atoms with Gasteiger partial charge in [-0.2, -0.15) is 0 Å². The third-order valence-electron chi connectivity index (χ3n) is 4.57. The molecule has 4 heteroatoms. The molecule has 0 N–H and O–H groups in total. The van der Waals surface area contributed by atoms with Crippen LogP contribution in [0.2, 0.25) is 0 Å². The molecule has 1 aliphatic rings. The first-order valence-corrected chi connectivity index (χ1v) is 8.35. The molecule has 0 fully saturated rings. The van der Waals surface area contributed by atoms with Crippen LogP contribution in [0.15, 0.2) is 30.3 Å². The van der Waals surface area contributed by atoms with Gasteiger partial charge in [-0.05, 0) is 30.5 Å². The first kappa shape index (κ1) is 17.3. The van der Waals surface area contributed by atoms with Crippen molar-refractivity contribution >= 4 is 5.97 Å². The fraction of sp³-hybridized carbons (Fsp3) is 0.381. The number of carbonyl (C=O) groups excluding carboxylic acids is 1. The number of aryl methyl sites for hydroxylation is 1. The zero-order valence-corrected chi connectivity index (χ0v) is 15.6. The predicted molar refractivity (Wildman–Crippen MR) is 96.9 cm³/mol. The van der Waals surface area contributed by atoms with Gasteiger partial charge in [-0.3, -0.25) is 4.79 Å². The van der Waals surface area contributed by atoms with Gasteiger partial charge >= 0.3 is 5.97 Å². The molecular formula is C21H24O4. The van der Waals surface area contributed by atoms with E-state index in [1.807, 2.05) is 31.2 Å². The van der Waals surface area contributed by atoms with Crippen molar-refractivity contribution in [3.8, 4) is 17.2 Å². The van der Waals surface area contributed by atoms with E-state index in [0.717, 1.165) is 22.3 Å². The molecule has 2 aromatic rings. The van der Waals surface area contributed by atoms with E-state index < -0.39 is 5.92 Å². The standard InChI is InChI=1S/C21H24O4/c1-12-9-15-18(14-11-13(23-5)7-8-17(14)24-6)20(22)25-19(15)16(10-12)21(2,3)4/h7-11,18H,1-6H3. The average Bonchev–Trinajstić information content (AvgIpc) is 2.88. The van der Waals surface area contributed by atoms with Crippen molar-refractivity contribution in [3.63, 3.8) is 0 Å². The highest BCUT2D eigenvalue weighted by molar-refractivity contribution is 5.91. The summed E-state index contributed by atoms with van der Waals surface area (Å²) in [4.78, 5) is 12.8. The Morgan fingerprint density at radius 3 is 2.32 bits per heavy atom. The summed E-state index contributed by atoms with van der Waals surface area (Å²) in [6.45, 7) is 8.40. The molecule has 25 heavy (non-hydrogen) atoms. The lowest BCUT2D eigenvalue weighted by Gasteiger charge is -2.22. The van der Waals surface area contributed by atoms with Gasteiger partial charge in [0.15, 0.2) is 0 Å². The first-order valence-electron chi connectivity index (χ1n) is 8.35. The summed E-state index contributed by atoms with van der Waals surface area (Å²) >= 11 is 0.